The summed E-state index contributed by atoms with van der Waals surface area (Å²) in [5.41, 5.74) is -3.45. The lowest BCUT2D eigenvalue weighted by atomic mass is 10.2. The molecule has 1 aromatic rings. The molecule has 172 valence electrons. The Bertz CT molecular complexity index is 885. The van der Waals surface area contributed by atoms with Gasteiger partial charge in [0.2, 0.25) is 13.2 Å². The standard InChI is InChI=1S/C17H24N3O10P/c1-10(2)29-31(30-11(3)4,15(16(21)27-5)17(22)28-6)18-13-8-7-12(19(23)24)9-14(13)20(25)26/h7-11,15H,1-6H3. The lowest BCUT2D eigenvalue weighted by Crippen LogP contribution is -2.35. The highest BCUT2D eigenvalue weighted by Crippen LogP contribution is 2.61. The summed E-state index contributed by atoms with van der Waals surface area (Å²) in [7, 11) is -1.92. The topological polar surface area (TPSA) is 170 Å². The normalized spacial score (nSPS) is 11.5. The van der Waals surface area contributed by atoms with Crippen LogP contribution in [0.3, 0.4) is 0 Å². The summed E-state index contributed by atoms with van der Waals surface area (Å²) in [5, 5.41) is 22.6. The van der Waals surface area contributed by atoms with E-state index in [2.05, 4.69) is 4.74 Å². The molecule has 0 unspecified atom stereocenters. The summed E-state index contributed by atoms with van der Waals surface area (Å²) < 4.78 is 25.3. The van der Waals surface area contributed by atoms with E-state index in [4.69, 9.17) is 18.5 Å². The maximum atomic E-state index is 12.5. The van der Waals surface area contributed by atoms with Gasteiger partial charge < -0.3 is 18.5 Å². The third kappa shape index (κ3) is 6.54. The summed E-state index contributed by atoms with van der Waals surface area (Å²) in [5.74, 6) is -2.15. The first-order chi connectivity index (χ1) is 14.4. The minimum Gasteiger partial charge on any atom is -0.468 e. The second-order valence-corrected chi connectivity index (χ2v) is 8.87. The van der Waals surface area contributed by atoms with Crippen molar-refractivity contribution in [3.63, 3.8) is 0 Å². The maximum absolute atomic E-state index is 12.5. The van der Waals surface area contributed by atoms with Gasteiger partial charge in [0.15, 0.2) is 0 Å². The van der Waals surface area contributed by atoms with Crippen molar-refractivity contribution < 1.29 is 38.0 Å². The fourth-order valence-electron chi connectivity index (χ4n) is 2.45. The number of esters is 2. The second-order valence-electron chi connectivity index (χ2n) is 6.61. The van der Waals surface area contributed by atoms with Crippen molar-refractivity contribution in [1.82, 2.24) is 0 Å². The van der Waals surface area contributed by atoms with Gasteiger partial charge >= 0.3 is 17.6 Å². The molecule has 0 heterocycles. The van der Waals surface area contributed by atoms with Crippen molar-refractivity contribution in [1.29, 1.82) is 0 Å². The summed E-state index contributed by atoms with van der Waals surface area (Å²) >= 11 is 0. The molecule has 0 aliphatic carbocycles. The molecule has 0 atom stereocenters. The second kappa shape index (κ2) is 10.9. The van der Waals surface area contributed by atoms with E-state index in [0.717, 1.165) is 26.4 Å². The molecule has 0 N–H and O–H groups in total. The number of nitrogens with zero attached hydrogens (tertiary/aromatic N) is 3. The van der Waals surface area contributed by atoms with Gasteiger partial charge in [-0.25, -0.2) is 4.74 Å². The van der Waals surface area contributed by atoms with Gasteiger partial charge in [0.05, 0.1) is 42.3 Å². The Balaban J connectivity index is 4.03. The number of hydrogen-bond acceptors (Lipinski definition) is 11. The number of carbonyl (C=O) groups excluding carboxylic acids is 2. The fraction of sp³-hybridized carbons (Fsp3) is 0.529. The number of nitro benzene ring substituents is 2. The number of rotatable bonds is 10. The highest BCUT2D eigenvalue weighted by molar-refractivity contribution is 7.59. The van der Waals surface area contributed by atoms with Crippen molar-refractivity contribution in [2.75, 3.05) is 14.2 Å². The molecule has 31 heavy (non-hydrogen) atoms. The first-order valence-electron chi connectivity index (χ1n) is 8.95. The molecule has 0 fully saturated rings. The molecule has 0 aromatic heterocycles. The van der Waals surface area contributed by atoms with Gasteiger partial charge in [-0.05, 0) is 33.8 Å². The van der Waals surface area contributed by atoms with E-state index in [1.54, 1.807) is 27.7 Å². The van der Waals surface area contributed by atoms with Gasteiger partial charge in [-0.15, -0.1) is 0 Å². The predicted octanol–water partition coefficient (Wildman–Crippen LogP) is 3.73. The first-order valence-corrected chi connectivity index (χ1v) is 10.6. The highest BCUT2D eigenvalue weighted by Gasteiger charge is 2.48. The molecule has 1 rings (SSSR count). The Morgan fingerprint density at radius 2 is 1.42 bits per heavy atom. The van der Waals surface area contributed by atoms with E-state index in [1.807, 2.05) is 0 Å². The van der Waals surface area contributed by atoms with Crippen molar-refractivity contribution >= 4 is 36.5 Å². The van der Waals surface area contributed by atoms with Crippen LogP contribution in [0.4, 0.5) is 17.1 Å². The number of carbonyl (C=O) groups is 2. The zero-order valence-corrected chi connectivity index (χ0v) is 18.7. The van der Waals surface area contributed by atoms with Gasteiger partial charge in [0, 0.05) is 6.07 Å². The molecule has 13 nitrogen and oxygen atoms in total. The molecule has 14 heteroatoms. The quantitative estimate of drug-likeness (QED) is 0.164. The van der Waals surface area contributed by atoms with Crippen molar-refractivity contribution in [3.05, 3.63) is 38.4 Å². The van der Waals surface area contributed by atoms with Gasteiger partial charge in [-0.1, -0.05) is 0 Å². The van der Waals surface area contributed by atoms with Gasteiger partial charge in [-0.3, -0.25) is 29.8 Å². The average Bonchev–Trinajstić information content (AvgIpc) is 2.66. The highest BCUT2D eigenvalue weighted by atomic mass is 31.2. The lowest BCUT2D eigenvalue weighted by Gasteiger charge is -2.31. The third-order valence-corrected chi connectivity index (χ3v) is 6.53. The molecule has 1 aromatic carbocycles. The number of nitro groups is 2. The van der Waals surface area contributed by atoms with Crippen LogP contribution < -0.4 is 0 Å². The van der Waals surface area contributed by atoms with Crippen molar-refractivity contribution in [2.24, 2.45) is 4.74 Å². The molecule has 0 radical (unpaired) electrons. The van der Waals surface area contributed by atoms with Crippen LogP contribution >= 0.6 is 7.51 Å². The van der Waals surface area contributed by atoms with E-state index in [-0.39, 0.29) is 5.69 Å². The molecule has 0 saturated heterocycles. The summed E-state index contributed by atoms with van der Waals surface area (Å²) in [4.78, 5) is 46.0. The van der Waals surface area contributed by atoms with Crippen molar-refractivity contribution in [2.45, 2.75) is 45.6 Å². The van der Waals surface area contributed by atoms with E-state index < -0.39 is 58.5 Å². The molecular weight excluding hydrogens is 437 g/mol. The van der Waals surface area contributed by atoms with Crippen molar-refractivity contribution in [3.8, 4) is 0 Å². The number of methoxy groups -OCH3 is 2. The van der Waals surface area contributed by atoms with Crippen LogP contribution in [0, 0.1) is 20.2 Å². The Morgan fingerprint density at radius 1 is 0.935 bits per heavy atom. The number of ether oxygens (including phenoxy) is 2. The SMILES string of the molecule is COC(=O)C(C(=O)OC)P(=Nc1ccc([N+](=O)[O-])cc1[N+](=O)[O-])(OC(C)C)OC(C)C. The summed E-state index contributed by atoms with van der Waals surface area (Å²) in [6.07, 6.45) is -1.27. The minimum absolute atomic E-state index is 0.372. The molecular formula is C17H24N3O10P. The number of non-ortho nitro benzene ring substituents is 1. The van der Waals surface area contributed by atoms with E-state index in [0.29, 0.717) is 6.07 Å². The smallest absolute Gasteiger partial charge is 0.330 e. The van der Waals surface area contributed by atoms with Crippen LogP contribution in [0.25, 0.3) is 0 Å². The monoisotopic (exact) mass is 461 g/mol. The zero-order chi connectivity index (χ0) is 23.9. The average molecular weight is 461 g/mol. The minimum atomic E-state index is -3.99. The Kier molecular flexibility index (Phi) is 9.22. The fourth-order valence-corrected chi connectivity index (χ4v) is 5.37. The lowest BCUT2D eigenvalue weighted by molar-refractivity contribution is -0.393. The number of benzene rings is 1. The van der Waals surface area contributed by atoms with E-state index in [9.17, 15) is 29.8 Å². The van der Waals surface area contributed by atoms with E-state index >= 15 is 0 Å². The van der Waals surface area contributed by atoms with Gasteiger partial charge in [0.25, 0.3) is 5.69 Å². The molecule has 0 bridgehead atoms. The van der Waals surface area contributed by atoms with Crippen LogP contribution in [0.5, 0.6) is 0 Å². The Morgan fingerprint density at radius 3 is 1.77 bits per heavy atom. The molecule has 0 aliphatic heterocycles. The molecule has 0 saturated carbocycles. The van der Waals surface area contributed by atoms with Crippen LogP contribution in [-0.2, 0) is 28.1 Å². The zero-order valence-electron chi connectivity index (χ0n) is 17.8. The summed E-state index contributed by atoms with van der Waals surface area (Å²) in [6.45, 7) is 6.35. The van der Waals surface area contributed by atoms with E-state index in [1.165, 1.54) is 0 Å². The van der Waals surface area contributed by atoms with Crippen LogP contribution in [0.2, 0.25) is 0 Å². The Labute approximate surface area is 178 Å². The maximum Gasteiger partial charge on any atom is 0.330 e. The molecule has 0 spiro atoms. The van der Waals surface area contributed by atoms with Gasteiger partial charge in [0.1, 0.15) is 5.69 Å². The Hall–Kier alpha value is -2.89. The number of hydrogen-bond donors (Lipinski definition) is 0. The first kappa shape index (κ1) is 26.1. The van der Waals surface area contributed by atoms with Crippen LogP contribution in [-0.4, -0.2) is 53.9 Å². The van der Waals surface area contributed by atoms with Gasteiger partial charge in [-0.2, -0.15) is 0 Å². The largest absolute Gasteiger partial charge is 0.468 e. The van der Waals surface area contributed by atoms with Crippen LogP contribution in [0.1, 0.15) is 27.7 Å². The van der Waals surface area contributed by atoms with Crippen LogP contribution in [0.15, 0.2) is 22.9 Å². The summed E-state index contributed by atoms with van der Waals surface area (Å²) in [6, 6.07) is 2.73. The third-order valence-electron chi connectivity index (χ3n) is 3.51. The molecule has 0 aliphatic rings. The molecule has 0 amide bonds. The predicted molar refractivity (Wildman–Crippen MR) is 109 cm³/mol.